The van der Waals surface area contributed by atoms with E-state index in [1.54, 1.807) is 7.11 Å². The van der Waals surface area contributed by atoms with Gasteiger partial charge in [-0.3, -0.25) is 4.79 Å². The summed E-state index contributed by atoms with van der Waals surface area (Å²) in [5.41, 5.74) is 12.0. The number of anilines is 2. The topological polar surface area (TPSA) is 80.9 Å². The van der Waals surface area contributed by atoms with Crippen LogP contribution < -0.4 is 10.6 Å². The monoisotopic (exact) mass is 488 g/mol. The van der Waals surface area contributed by atoms with Crippen LogP contribution in [0.15, 0.2) is 42.5 Å². The molecule has 0 spiro atoms. The second kappa shape index (κ2) is 10.8. The van der Waals surface area contributed by atoms with Crippen molar-refractivity contribution in [3.8, 4) is 11.1 Å². The third kappa shape index (κ3) is 5.04. The molecule has 0 bridgehead atoms. The van der Waals surface area contributed by atoms with Crippen LogP contribution in [0, 0.1) is 12.8 Å². The zero-order valence-corrected chi connectivity index (χ0v) is 21.3. The number of likely N-dealkylation sites (tertiary alicyclic amines) is 1. The van der Waals surface area contributed by atoms with E-state index in [9.17, 15) is 4.79 Å². The molecule has 0 radical (unpaired) electrons. The van der Waals surface area contributed by atoms with Crippen LogP contribution in [0.5, 0.6) is 0 Å². The second-order valence-electron chi connectivity index (χ2n) is 9.91. The predicted octanol–water partition coefficient (Wildman–Crippen LogP) is 4.52. The minimum Gasteiger partial charge on any atom is -0.385 e. The summed E-state index contributed by atoms with van der Waals surface area (Å²) in [6, 6.07) is 14.3. The summed E-state index contributed by atoms with van der Waals surface area (Å²) in [5.74, 6) is 1.29. The van der Waals surface area contributed by atoms with Gasteiger partial charge in [0, 0.05) is 50.8 Å². The van der Waals surface area contributed by atoms with Gasteiger partial charge >= 0.3 is 0 Å². The predicted molar refractivity (Wildman–Crippen MR) is 144 cm³/mol. The minimum atomic E-state index is 0.114. The fourth-order valence-corrected chi connectivity index (χ4v) is 5.50. The summed E-state index contributed by atoms with van der Waals surface area (Å²) in [6.07, 6.45) is 3.13. The van der Waals surface area contributed by atoms with Crippen LogP contribution >= 0.6 is 0 Å². The largest absolute Gasteiger partial charge is 0.385 e. The van der Waals surface area contributed by atoms with E-state index in [4.69, 9.17) is 15.2 Å². The van der Waals surface area contributed by atoms with Crippen molar-refractivity contribution in [2.75, 3.05) is 63.7 Å². The van der Waals surface area contributed by atoms with E-state index >= 15 is 0 Å². The maximum Gasteiger partial charge on any atom is 0.254 e. The molecule has 0 saturated carbocycles. The standard InChI is InChI=1S/C29H36N4O3/c1-20-4-3-5-24(29(34)33-11-8-21(9-12-33)10-15-35-2)27(20)22-6-7-25-23(18-22)19-26(28(30)31-25)32-13-16-36-17-14-32/h3-7,18-19,21H,8-17H2,1-2H3,(H2,30,31). The Balaban J connectivity index is 1.45. The lowest BCUT2D eigenvalue weighted by molar-refractivity contribution is 0.0670. The van der Waals surface area contributed by atoms with Gasteiger partial charge in [-0.15, -0.1) is 0 Å². The Morgan fingerprint density at radius 2 is 1.89 bits per heavy atom. The van der Waals surface area contributed by atoms with Crippen molar-refractivity contribution in [2.24, 2.45) is 5.92 Å². The smallest absolute Gasteiger partial charge is 0.254 e. The average Bonchev–Trinajstić information content (AvgIpc) is 2.91. The zero-order valence-electron chi connectivity index (χ0n) is 21.3. The quantitative estimate of drug-likeness (QED) is 0.550. The summed E-state index contributed by atoms with van der Waals surface area (Å²) >= 11 is 0. The molecule has 190 valence electrons. The van der Waals surface area contributed by atoms with Gasteiger partial charge in [-0.25, -0.2) is 4.98 Å². The summed E-state index contributed by atoms with van der Waals surface area (Å²) in [4.78, 5) is 22.6. The van der Waals surface area contributed by atoms with E-state index in [1.807, 2.05) is 23.1 Å². The maximum absolute atomic E-state index is 13.7. The first-order valence-corrected chi connectivity index (χ1v) is 13.0. The highest BCUT2D eigenvalue weighted by atomic mass is 16.5. The van der Waals surface area contributed by atoms with Gasteiger partial charge in [-0.1, -0.05) is 18.2 Å². The summed E-state index contributed by atoms with van der Waals surface area (Å²) < 4.78 is 10.7. The normalized spacial score (nSPS) is 17.1. The third-order valence-corrected chi connectivity index (χ3v) is 7.60. The number of nitrogens with two attached hydrogens (primary N) is 1. The Bertz CT molecular complexity index is 1230. The molecule has 0 unspecified atom stereocenters. The first-order chi connectivity index (χ1) is 17.5. The van der Waals surface area contributed by atoms with Gasteiger partial charge in [0.25, 0.3) is 5.91 Å². The molecule has 3 aromatic rings. The number of aryl methyl sites for hydroxylation is 1. The van der Waals surface area contributed by atoms with Crippen LogP contribution in [0.2, 0.25) is 0 Å². The second-order valence-corrected chi connectivity index (χ2v) is 9.91. The lowest BCUT2D eigenvalue weighted by Crippen LogP contribution is -2.39. The van der Waals surface area contributed by atoms with Crippen LogP contribution in [0.3, 0.4) is 0 Å². The molecular weight excluding hydrogens is 452 g/mol. The van der Waals surface area contributed by atoms with Crippen molar-refractivity contribution < 1.29 is 14.3 Å². The molecule has 2 saturated heterocycles. The highest BCUT2D eigenvalue weighted by molar-refractivity contribution is 6.03. The van der Waals surface area contributed by atoms with Crippen LogP contribution in [0.25, 0.3) is 22.0 Å². The average molecular weight is 489 g/mol. The number of aromatic nitrogens is 1. The number of fused-ring (bicyclic) bond motifs is 1. The first kappa shape index (κ1) is 24.5. The van der Waals surface area contributed by atoms with E-state index in [0.717, 1.165) is 90.9 Å². The molecule has 3 heterocycles. The number of hydrogen-bond acceptors (Lipinski definition) is 6. The van der Waals surface area contributed by atoms with Crippen molar-refractivity contribution in [3.05, 3.63) is 53.6 Å². The molecule has 7 heteroatoms. The van der Waals surface area contributed by atoms with Gasteiger partial charge in [0.05, 0.1) is 24.4 Å². The highest BCUT2D eigenvalue weighted by Gasteiger charge is 2.26. The van der Waals surface area contributed by atoms with Crippen molar-refractivity contribution in [1.29, 1.82) is 0 Å². The Morgan fingerprint density at radius 3 is 2.64 bits per heavy atom. The molecule has 0 atom stereocenters. The number of hydrogen-bond donors (Lipinski definition) is 1. The molecule has 5 rings (SSSR count). The van der Waals surface area contributed by atoms with Gasteiger partial charge < -0.3 is 25.0 Å². The van der Waals surface area contributed by atoms with Crippen LogP contribution in [-0.4, -0.2) is 68.9 Å². The number of benzene rings is 2. The lowest BCUT2D eigenvalue weighted by Gasteiger charge is -2.32. The number of rotatable bonds is 6. The van der Waals surface area contributed by atoms with Gasteiger partial charge in [-0.05, 0) is 73.1 Å². The van der Waals surface area contributed by atoms with E-state index in [1.165, 1.54) is 0 Å². The summed E-state index contributed by atoms with van der Waals surface area (Å²) in [7, 11) is 1.75. The molecule has 1 aromatic heterocycles. The summed E-state index contributed by atoms with van der Waals surface area (Å²) in [6.45, 7) is 7.44. The van der Waals surface area contributed by atoms with Crippen LogP contribution in [-0.2, 0) is 9.47 Å². The van der Waals surface area contributed by atoms with Crippen molar-refractivity contribution in [2.45, 2.75) is 26.2 Å². The molecule has 7 nitrogen and oxygen atoms in total. The fourth-order valence-electron chi connectivity index (χ4n) is 5.50. The van der Waals surface area contributed by atoms with Gasteiger partial charge in [0.1, 0.15) is 5.82 Å². The highest BCUT2D eigenvalue weighted by Crippen LogP contribution is 2.34. The number of ether oxygens (including phenoxy) is 2. The number of pyridine rings is 1. The van der Waals surface area contributed by atoms with Crippen molar-refractivity contribution in [1.82, 2.24) is 9.88 Å². The first-order valence-electron chi connectivity index (χ1n) is 13.0. The summed E-state index contributed by atoms with van der Waals surface area (Å²) in [5, 5.41) is 1.02. The Morgan fingerprint density at radius 1 is 1.11 bits per heavy atom. The zero-order chi connectivity index (χ0) is 25.1. The van der Waals surface area contributed by atoms with Gasteiger partial charge in [0.15, 0.2) is 0 Å². The lowest BCUT2D eigenvalue weighted by atomic mass is 9.91. The van der Waals surface area contributed by atoms with Crippen LogP contribution in [0.1, 0.15) is 35.2 Å². The number of nitrogens with zero attached hydrogens (tertiary/aromatic N) is 3. The molecule has 2 aliphatic rings. The molecule has 2 aliphatic heterocycles. The molecule has 1 amide bonds. The number of piperidine rings is 1. The van der Waals surface area contributed by atoms with E-state index in [0.29, 0.717) is 24.9 Å². The molecule has 2 N–H and O–H groups in total. The van der Waals surface area contributed by atoms with Crippen molar-refractivity contribution in [3.63, 3.8) is 0 Å². The van der Waals surface area contributed by atoms with Gasteiger partial charge in [0.2, 0.25) is 0 Å². The number of morpholine rings is 1. The van der Waals surface area contributed by atoms with E-state index in [2.05, 4.69) is 41.1 Å². The molecule has 2 aromatic carbocycles. The molecule has 0 aliphatic carbocycles. The van der Waals surface area contributed by atoms with E-state index in [-0.39, 0.29) is 5.91 Å². The van der Waals surface area contributed by atoms with E-state index < -0.39 is 0 Å². The number of nitrogen functional groups attached to an aromatic ring is 1. The van der Waals surface area contributed by atoms with Crippen LogP contribution in [0.4, 0.5) is 11.5 Å². The SMILES string of the molecule is COCCC1CCN(C(=O)c2cccc(C)c2-c2ccc3nc(N)c(N4CCOCC4)cc3c2)CC1. The van der Waals surface area contributed by atoms with Gasteiger partial charge in [-0.2, -0.15) is 0 Å². The molecule has 36 heavy (non-hydrogen) atoms. The minimum absolute atomic E-state index is 0.114. The molecule has 2 fully saturated rings. The number of methoxy groups -OCH3 is 1. The number of amides is 1. The number of carbonyl (C=O) groups is 1. The number of carbonyl (C=O) groups excluding carboxylic acids is 1. The Labute approximate surface area is 213 Å². The fraction of sp³-hybridized carbons (Fsp3) is 0.448. The Kier molecular flexibility index (Phi) is 7.39. The third-order valence-electron chi connectivity index (χ3n) is 7.60. The van der Waals surface area contributed by atoms with Crippen molar-refractivity contribution >= 4 is 28.3 Å². The molecular formula is C29H36N4O3. The maximum atomic E-state index is 13.7. The Hall–Kier alpha value is -3.16.